The Balaban J connectivity index is 2.65. The van der Waals surface area contributed by atoms with Gasteiger partial charge in [-0.25, -0.2) is 0 Å². The summed E-state index contributed by atoms with van der Waals surface area (Å²) in [5.74, 6) is 0. The van der Waals surface area contributed by atoms with Crippen LogP contribution in [-0.4, -0.2) is 19.8 Å². The maximum Gasteiger partial charge on any atom is 0.416 e. The lowest BCUT2D eigenvalue weighted by atomic mass is 10.1. The standard InChI is InChI=1S/C11H14F3NO/c1-16-7-10(15)6-8-2-4-9(5-3-8)11(12,13)14/h2-5,10H,6-7,15H2,1H3. The third-order valence-corrected chi connectivity index (χ3v) is 2.16. The van der Waals surface area contributed by atoms with Crippen LogP contribution >= 0.6 is 0 Å². The van der Waals surface area contributed by atoms with Crippen molar-refractivity contribution in [2.75, 3.05) is 13.7 Å². The van der Waals surface area contributed by atoms with Gasteiger partial charge in [0.25, 0.3) is 0 Å². The summed E-state index contributed by atoms with van der Waals surface area (Å²) in [6, 6.07) is 4.82. The Bertz CT molecular complexity index is 321. The van der Waals surface area contributed by atoms with Crippen molar-refractivity contribution in [3.63, 3.8) is 0 Å². The molecule has 1 rings (SSSR count). The highest BCUT2D eigenvalue weighted by Gasteiger charge is 2.29. The van der Waals surface area contributed by atoms with Gasteiger partial charge in [-0.1, -0.05) is 12.1 Å². The quantitative estimate of drug-likeness (QED) is 0.865. The summed E-state index contributed by atoms with van der Waals surface area (Å²) >= 11 is 0. The van der Waals surface area contributed by atoms with Gasteiger partial charge in [-0.15, -0.1) is 0 Å². The van der Waals surface area contributed by atoms with Gasteiger partial charge in [0.05, 0.1) is 12.2 Å². The predicted molar refractivity (Wildman–Crippen MR) is 55.0 cm³/mol. The van der Waals surface area contributed by atoms with E-state index in [1.165, 1.54) is 19.2 Å². The van der Waals surface area contributed by atoms with Crippen molar-refractivity contribution < 1.29 is 17.9 Å². The van der Waals surface area contributed by atoms with E-state index in [2.05, 4.69) is 0 Å². The Hall–Kier alpha value is -1.07. The van der Waals surface area contributed by atoms with Crippen LogP contribution in [0.4, 0.5) is 13.2 Å². The van der Waals surface area contributed by atoms with Crippen LogP contribution in [-0.2, 0) is 17.3 Å². The first kappa shape index (κ1) is 13.0. The molecule has 1 unspecified atom stereocenters. The Kier molecular flexibility index (Phi) is 4.32. The highest BCUT2D eigenvalue weighted by atomic mass is 19.4. The molecule has 0 radical (unpaired) electrons. The summed E-state index contributed by atoms with van der Waals surface area (Å²) in [6.07, 6.45) is -3.78. The van der Waals surface area contributed by atoms with Gasteiger partial charge in [-0.2, -0.15) is 13.2 Å². The fraction of sp³-hybridized carbons (Fsp3) is 0.455. The molecular weight excluding hydrogens is 219 g/mol. The van der Waals surface area contributed by atoms with Gasteiger partial charge in [0.2, 0.25) is 0 Å². The van der Waals surface area contributed by atoms with Gasteiger partial charge < -0.3 is 10.5 Å². The normalized spacial score (nSPS) is 13.8. The van der Waals surface area contributed by atoms with Crippen molar-refractivity contribution in [1.82, 2.24) is 0 Å². The number of nitrogens with two attached hydrogens (primary N) is 1. The van der Waals surface area contributed by atoms with E-state index in [4.69, 9.17) is 10.5 Å². The molecule has 5 heteroatoms. The third-order valence-electron chi connectivity index (χ3n) is 2.16. The summed E-state index contributed by atoms with van der Waals surface area (Å²) in [5.41, 5.74) is 5.83. The Morgan fingerprint density at radius 1 is 1.25 bits per heavy atom. The zero-order chi connectivity index (χ0) is 12.2. The van der Waals surface area contributed by atoms with Gasteiger partial charge in [-0.3, -0.25) is 0 Å². The van der Waals surface area contributed by atoms with Crippen molar-refractivity contribution in [3.05, 3.63) is 35.4 Å². The zero-order valence-electron chi connectivity index (χ0n) is 8.92. The van der Waals surface area contributed by atoms with Crippen molar-refractivity contribution in [1.29, 1.82) is 0 Å². The second kappa shape index (κ2) is 5.32. The van der Waals surface area contributed by atoms with Gasteiger partial charge in [-0.05, 0) is 24.1 Å². The van der Waals surface area contributed by atoms with Crippen LogP contribution in [0.5, 0.6) is 0 Å². The molecule has 1 atom stereocenters. The molecule has 0 fully saturated rings. The van der Waals surface area contributed by atoms with Crippen LogP contribution in [0.2, 0.25) is 0 Å². The topological polar surface area (TPSA) is 35.2 Å². The molecule has 2 nitrogen and oxygen atoms in total. The van der Waals surface area contributed by atoms with E-state index in [1.54, 1.807) is 0 Å². The first-order chi connectivity index (χ1) is 7.43. The summed E-state index contributed by atoms with van der Waals surface area (Å²) in [6.45, 7) is 0.390. The number of hydrogen-bond acceptors (Lipinski definition) is 2. The maximum atomic E-state index is 12.3. The Morgan fingerprint density at radius 2 is 1.81 bits per heavy atom. The smallest absolute Gasteiger partial charge is 0.383 e. The third kappa shape index (κ3) is 3.83. The number of methoxy groups -OCH3 is 1. The van der Waals surface area contributed by atoms with Gasteiger partial charge in [0.15, 0.2) is 0 Å². The number of ether oxygens (including phenoxy) is 1. The molecule has 0 aliphatic heterocycles. The van der Waals surface area contributed by atoms with Gasteiger partial charge in [0.1, 0.15) is 0 Å². The molecular formula is C11H14F3NO. The van der Waals surface area contributed by atoms with Crippen molar-refractivity contribution in [2.24, 2.45) is 5.73 Å². The molecule has 90 valence electrons. The van der Waals surface area contributed by atoms with E-state index < -0.39 is 11.7 Å². The Labute approximate surface area is 92.2 Å². The summed E-state index contributed by atoms with van der Waals surface area (Å²) in [5, 5.41) is 0. The minimum Gasteiger partial charge on any atom is -0.383 e. The van der Waals surface area contributed by atoms with E-state index in [0.717, 1.165) is 17.7 Å². The number of rotatable bonds is 4. The van der Waals surface area contributed by atoms with E-state index in [0.29, 0.717) is 13.0 Å². The summed E-state index contributed by atoms with van der Waals surface area (Å²) in [7, 11) is 1.53. The lowest BCUT2D eigenvalue weighted by molar-refractivity contribution is -0.137. The molecule has 0 bridgehead atoms. The van der Waals surface area contributed by atoms with Crippen LogP contribution < -0.4 is 5.73 Å². The molecule has 0 spiro atoms. The summed E-state index contributed by atoms with van der Waals surface area (Å²) < 4.78 is 41.6. The van der Waals surface area contributed by atoms with Gasteiger partial charge in [0, 0.05) is 13.2 Å². The van der Waals surface area contributed by atoms with Crippen LogP contribution in [0.1, 0.15) is 11.1 Å². The summed E-state index contributed by atoms with van der Waals surface area (Å²) in [4.78, 5) is 0. The fourth-order valence-corrected chi connectivity index (χ4v) is 1.41. The van der Waals surface area contributed by atoms with Crippen LogP contribution in [0.3, 0.4) is 0 Å². The monoisotopic (exact) mass is 233 g/mol. The zero-order valence-corrected chi connectivity index (χ0v) is 8.92. The van der Waals surface area contributed by atoms with Crippen LogP contribution in [0.25, 0.3) is 0 Å². The SMILES string of the molecule is COCC(N)Cc1ccc(C(F)(F)F)cc1. The molecule has 0 saturated heterocycles. The minimum atomic E-state index is -4.28. The number of benzene rings is 1. The highest BCUT2D eigenvalue weighted by Crippen LogP contribution is 2.29. The molecule has 16 heavy (non-hydrogen) atoms. The lowest BCUT2D eigenvalue weighted by Crippen LogP contribution is -2.27. The number of halogens is 3. The van der Waals surface area contributed by atoms with Crippen molar-refractivity contribution in [2.45, 2.75) is 18.6 Å². The van der Waals surface area contributed by atoms with Crippen LogP contribution in [0.15, 0.2) is 24.3 Å². The van der Waals surface area contributed by atoms with E-state index in [-0.39, 0.29) is 6.04 Å². The first-order valence-corrected chi connectivity index (χ1v) is 4.84. The van der Waals surface area contributed by atoms with E-state index >= 15 is 0 Å². The largest absolute Gasteiger partial charge is 0.416 e. The first-order valence-electron chi connectivity index (χ1n) is 4.84. The molecule has 0 heterocycles. The number of hydrogen-bond donors (Lipinski definition) is 1. The van der Waals surface area contributed by atoms with E-state index in [9.17, 15) is 13.2 Å². The second-order valence-electron chi connectivity index (χ2n) is 3.61. The average molecular weight is 233 g/mol. The lowest BCUT2D eigenvalue weighted by Gasteiger charge is -2.11. The maximum absolute atomic E-state index is 12.3. The van der Waals surface area contributed by atoms with E-state index in [1.807, 2.05) is 0 Å². The second-order valence-corrected chi connectivity index (χ2v) is 3.61. The molecule has 0 aromatic heterocycles. The Morgan fingerprint density at radius 3 is 2.25 bits per heavy atom. The molecule has 0 aliphatic carbocycles. The van der Waals surface area contributed by atoms with Gasteiger partial charge >= 0.3 is 6.18 Å². The van der Waals surface area contributed by atoms with Crippen molar-refractivity contribution in [3.8, 4) is 0 Å². The molecule has 0 amide bonds. The fourth-order valence-electron chi connectivity index (χ4n) is 1.41. The molecule has 2 N–H and O–H groups in total. The van der Waals surface area contributed by atoms with Crippen molar-refractivity contribution >= 4 is 0 Å². The molecule has 0 saturated carbocycles. The molecule has 1 aromatic carbocycles. The van der Waals surface area contributed by atoms with Crippen LogP contribution in [0, 0.1) is 0 Å². The average Bonchev–Trinajstić information content (AvgIpc) is 2.17. The molecule has 1 aromatic rings. The highest BCUT2D eigenvalue weighted by molar-refractivity contribution is 5.25. The predicted octanol–water partition coefficient (Wildman–Crippen LogP) is 2.22. The number of alkyl halides is 3. The molecule has 0 aliphatic rings. The minimum absolute atomic E-state index is 0.193.